The van der Waals surface area contributed by atoms with Crippen LogP contribution in [0.1, 0.15) is 11.1 Å². The van der Waals surface area contributed by atoms with Gasteiger partial charge in [-0.2, -0.15) is 0 Å². The predicted molar refractivity (Wildman–Crippen MR) is 113 cm³/mol. The lowest BCUT2D eigenvalue weighted by Gasteiger charge is -2.33. The molecule has 0 bridgehead atoms. The average molecular weight is 436 g/mol. The smallest absolute Gasteiger partial charge is 0.229 e. The van der Waals surface area contributed by atoms with Crippen LogP contribution in [-0.4, -0.2) is 57.8 Å². The van der Waals surface area contributed by atoms with Crippen LogP contribution in [0.3, 0.4) is 0 Å². The van der Waals surface area contributed by atoms with E-state index < -0.39 is 10.0 Å². The molecule has 1 amide bonds. The molecule has 9 heteroatoms. The molecule has 7 nitrogen and oxygen atoms in total. The van der Waals surface area contributed by atoms with Gasteiger partial charge in [0.05, 0.1) is 25.4 Å². The fourth-order valence-electron chi connectivity index (χ4n) is 3.28. The lowest BCUT2D eigenvalue weighted by molar-refractivity contribution is -0.121. The van der Waals surface area contributed by atoms with Crippen molar-refractivity contribution in [2.45, 2.75) is 19.1 Å². The molecule has 3 rings (SSSR count). The van der Waals surface area contributed by atoms with Crippen molar-refractivity contribution in [1.29, 1.82) is 0 Å². The molecule has 1 aliphatic rings. The third-order valence-corrected chi connectivity index (χ3v) is 5.30. The number of carbonyl (C=O) groups excluding carboxylic acids is 1. The molecule has 2 aromatic carbocycles. The number of halogens is 1. The van der Waals surface area contributed by atoms with Gasteiger partial charge in [-0.3, -0.25) is 14.4 Å². The first-order valence-corrected chi connectivity index (χ1v) is 11.6. The molecule has 1 heterocycles. The highest BCUT2D eigenvalue weighted by molar-refractivity contribution is 7.92. The van der Waals surface area contributed by atoms with Crippen molar-refractivity contribution in [3.63, 3.8) is 0 Å². The Kier molecular flexibility index (Phi) is 7.41. The van der Waals surface area contributed by atoms with Crippen LogP contribution in [0.2, 0.25) is 0 Å². The second kappa shape index (κ2) is 10.0. The Morgan fingerprint density at radius 1 is 1.13 bits per heavy atom. The summed E-state index contributed by atoms with van der Waals surface area (Å²) in [5, 5.41) is 2.89. The Labute approximate surface area is 176 Å². The highest BCUT2D eigenvalue weighted by Gasteiger charge is 2.21. The third kappa shape index (κ3) is 7.40. The van der Waals surface area contributed by atoms with E-state index >= 15 is 0 Å². The fourth-order valence-corrected chi connectivity index (χ4v) is 3.84. The number of sulfonamides is 1. The Morgan fingerprint density at radius 3 is 2.47 bits per heavy atom. The predicted octanol–water partition coefficient (Wildman–Crippen LogP) is 1.76. The monoisotopic (exact) mass is 435 g/mol. The molecule has 1 atom stereocenters. The van der Waals surface area contributed by atoms with Crippen molar-refractivity contribution in [2.75, 3.05) is 37.2 Å². The molecular formula is C21H26FN3O4S. The Morgan fingerprint density at radius 2 is 1.80 bits per heavy atom. The second-order valence-electron chi connectivity index (χ2n) is 7.41. The Balaban J connectivity index is 1.43. The first-order valence-electron chi connectivity index (χ1n) is 9.69. The number of hydrogen-bond acceptors (Lipinski definition) is 5. The molecule has 30 heavy (non-hydrogen) atoms. The number of nitrogens with zero attached hydrogens (tertiary/aromatic N) is 1. The zero-order valence-electron chi connectivity index (χ0n) is 16.8. The maximum absolute atomic E-state index is 13.0. The van der Waals surface area contributed by atoms with Gasteiger partial charge in [-0.25, -0.2) is 12.8 Å². The summed E-state index contributed by atoms with van der Waals surface area (Å²) < 4.78 is 43.6. The van der Waals surface area contributed by atoms with Gasteiger partial charge in [0.15, 0.2) is 0 Å². The van der Waals surface area contributed by atoms with Crippen LogP contribution in [0.4, 0.5) is 10.1 Å². The van der Waals surface area contributed by atoms with Crippen molar-refractivity contribution < 1.29 is 22.3 Å². The van der Waals surface area contributed by atoms with Gasteiger partial charge in [0.1, 0.15) is 5.82 Å². The quantitative estimate of drug-likeness (QED) is 0.660. The number of hydrogen-bond donors (Lipinski definition) is 2. The van der Waals surface area contributed by atoms with Gasteiger partial charge >= 0.3 is 0 Å². The maximum atomic E-state index is 13.0. The van der Waals surface area contributed by atoms with Crippen LogP contribution in [0.5, 0.6) is 0 Å². The molecule has 0 aromatic heterocycles. The van der Waals surface area contributed by atoms with Crippen LogP contribution in [0.25, 0.3) is 0 Å². The molecule has 0 saturated carbocycles. The number of ether oxygens (including phenoxy) is 1. The molecule has 0 radical (unpaired) electrons. The fraction of sp³-hybridized carbons (Fsp3) is 0.381. The molecule has 0 unspecified atom stereocenters. The van der Waals surface area contributed by atoms with E-state index in [4.69, 9.17) is 4.74 Å². The van der Waals surface area contributed by atoms with Crippen LogP contribution in [0.15, 0.2) is 48.5 Å². The molecule has 162 valence electrons. The van der Waals surface area contributed by atoms with E-state index in [1.807, 2.05) is 0 Å². The first kappa shape index (κ1) is 22.2. The zero-order valence-corrected chi connectivity index (χ0v) is 17.6. The van der Waals surface area contributed by atoms with Crippen molar-refractivity contribution in [2.24, 2.45) is 0 Å². The zero-order chi connectivity index (χ0) is 21.6. The van der Waals surface area contributed by atoms with E-state index in [0.29, 0.717) is 31.9 Å². The highest BCUT2D eigenvalue weighted by atomic mass is 32.2. The van der Waals surface area contributed by atoms with Gasteiger partial charge in [-0.1, -0.05) is 24.3 Å². The number of benzene rings is 2. The van der Waals surface area contributed by atoms with Crippen LogP contribution >= 0.6 is 0 Å². The van der Waals surface area contributed by atoms with Crippen LogP contribution in [0, 0.1) is 5.82 Å². The maximum Gasteiger partial charge on any atom is 0.229 e. The molecule has 1 aliphatic heterocycles. The van der Waals surface area contributed by atoms with Gasteiger partial charge < -0.3 is 10.1 Å². The second-order valence-corrected chi connectivity index (χ2v) is 9.15. The summed E-state index contributed by atoms with van der Waals surface area (Å²) in [6, 6.07) is 13.1. The Hall–Kier alpha value is -2.49. The lowest BCUT2D eigenvalue weighted by atomic mass is 10.1. The summed E-state index contributed by atoms with van der Waals surface area (Å²) in [4.78, 5) is 14.5. The van der Waals surface area contributed by atoms with Crippen LogP contribution in [-0.2, 0) is 32.5 Å². The van der Waals surface area contributed by atoms with Crippen molar-refractivity contribution in [3.8, 4) is 0 Å². The van der Waals surface area contributed by atoms with E-state index in [9.17, 15) is 17.6 Å². The number of nitrogens with one attached hydrogen (secondary N) is 2. The van der Waals surface area contributed by atoms with Gasteiger partial charge in [-0.05, 0) is 35.4 Å². The van der Waals surface area contributed by atoms with Gasteiger partial charge in [0, 0.05) is 31.9 Å². The average Bonchev–Trinajstić information content (AvgIpc) is 2.69. The third-order valence-electron chi connectivity index (χ3n) is 4.69. The number of anilines is 1. The lowest BCUT2D eigenvalue weighted by Crippen LogP contribution is -2.47. The summed E-state index contributed by atoms with van der Waals surface area (Å²) in [5.41, 5.74) is 2.28. The summed E-state index contributed by atoms with van der Waals surface area (Å²) in [6.07, 6.45) is 1.18. The summed E-state index contributed by atoms with van der Waals surface area (Å²) >= 11 is 0. The summed E-state index contributed by atoms with van der Waals surface area (Å²) in [5.74, 6) is -0.374. The SMILES string of the molecule is CS(=O)(=O)Nc1ccc(CC(=O)NC[C@H]2CN(Cc3ccc(F)cc3)CCO2)cc1. The molecule has 0 aliphatic carbocycles. The van der Waals surface area contributed by atoms with Crippen molar-refractivity contribution in [1.82, 2.24) is 10.2 Å². The largest absolute Gasteiger partial charge is 0.374 e. The van der Waals surface area contributed by atoms with E-state index in [-0.39, 0.29) is 24.2 Å². The van der Waals surface area contributed by atoms with E-state index in [2.05, 4.69) is 14.9 Å². The topological polar surface area (TPSA) is 87.7 Å². The van der Waals surface area contributed by atoms with Crippen molar-refractivity contribution >= 4 is 21.6 Å². The molecule has 2 aromatic rings. The minimum absolute atomic E-state index is 0.107. The molecule has 1 fully saturated rings. The van der Waals surface area contributed by atoms with Gasteiger partial charge in [-0.15, -0.1) is 0 Å². The van der Waals surface area contributed by atoms with Crippen molar-refractivity contribution in [3.05, 3.63) is 65.5 Å². The number of amides is 1. The minimum Gasteiger partial charge on any atom is -0.374 e. The van der Waals surface area contributed by atoms with E-state index in [1.54, 1.807) is 36.4 Å². The molecule has 2 N–H and O–H groups in total. The molecular weight excluding hydrogens is 409 g/mol. The molecule has 0 spiro atoms. The normalized spacial score (nSPS) is 17.5. The summed E-state index contributed by atoms with van der Waals surface area (Å²) in [6.45, 7) is 3.17. The minimum atomic E-state index is -3.32. The van der Waals surface area contributed by atoms with E-state index in [1.165, 1.54) is 12.1 Å². The molecule has 1 saturated heterocycles. The number of rotatable bonds is 8. The Bertz CT molecular complexity index is 949. The summed E-state index contributed by atoms with van der Waals surface area (Å²) in [7, 11) is -3.32. The van der Waals surface area contributed by atoms with Gasteiger partial charge in [0.2, 0.25) is 15.9 Å². The number of carbonyl (C=O) groups is 1. The van der Waals surface area contributed by atoms with Crippen LogP contribution < -0.4 is 10.0 Å². The standard InChI is InChI=1S/C21H26FN3O4S/c1-30(27,28)24-19-8-4-16(5-9-19)12-21(26)23-13-20-15-25(10-11-29-20)14-17-2-6-18(22)7-3-17/h2-9,20,24H,10-15H2,1H3,(H,23,26)/t20-/m0/s1. The van der Waals surface area contributed by atoms with E-state index in [0.717, 1.165) is 23.9 Å². The highest BCUT2D eigenvalue weighted by Crippen LogP contribution is 2.13. The number of morpholine rings is 1. The van der Waals surface area contributed by atoms with Gasteiger partial charge in [0.25, 0.3) is 0 Å². The first-order chi connectivity index (χ1) is 14.3.